The molecule has 0 aromatic carbocycles. The van der Waals surface area contributed by atoms with Gasteiger partial charge in [0.05, 0.1) is 40.9 Å². The molecule has 0 aliphatic heterocycles. The van der Waals surface area contributed by atoms with Crippen molar-refractivity contribution in [1.29, 1.82) is 0 Å². The topological polar surface area (TPSA) is 141 Å². The molecule has 0 bridgehead atoms. The van der Waals surface area contributed by atoms with Crippen LogP contribution in [0.4, 0.5) is 5.69 Å². The van der Waals surface area contributed by atoms with Crippen molar-refractivity contribution in [1.82, 2.24) is 45.0 Å². The number of aromatic nitrogens is 8. The summed E-state index contributed by atoms with van der Waals surface area (Å²) in [4.78, 5) is 40.0. The maximum absolute atomic E-state index is 12.2. The number of rotatable bonds is 6. The highest BCUT2D eigenvalue weighted by molar-refractivity contribution is 5.95. The number of hydrogen-bond donors (Lipinski definition) is 3. The lowest BCUT2D eigenvalue weighted by molar-refractivity contribution is -0.116. The molecule has 0 aliphatic rings. The standard InChI is InChI=1S/C26H22N10O/c1-36(2)14-21(37)30-17-10-16(12-28-13-17)18-5-6-20-24(31-18)25(35-34-20)26-32-19-7-9-29-22(23(19)33-26)15-4-3-8-27-11-15/h3-13H,14H2,1-2H3,(H,30,37)(H,32,33)(H,34,35). The number of H-pyrrole nitrogens is 2. The number of amides is 1. The number of nitrogens with one attached hydrogen (secondary N) is 3. The zero-order chi connectivity index (χ0) is 25.4. The predicted molar refractivity (Wildman–Crippen MR) is 140 cm³/mol. The number of carbonyl (C=O) groups is 1. The summed E-state index contributed by atoms with van der Waals surface area (Å²) in [6.45, 7) is 0.280. The summed E-state index contributed by atoms with van der Waals surface area (Å²) in [6, 6.07) is 11.3. The fraction of sp³-hybridized carbons (Fsp3) is 0.115. The Morgan fingerprint density at radius 3 is 2.62 bits per heavy atom. The highest BCUT2D eigenvalue weighted by atomic mass is 16.2. The van der Waals surface area contributed by atoms with E-state index < -0.39 is 0 Å². The van der Waals surface area contributed by atoms with E-state index in [1.54, 1.807) is 35.9 Å². The van der Waals surface area contributed by atoms with Crippen LogP contribution in [0.25, 0.3) is 56.1 Å². The van der Waals surface area contributed by atoms with E-state index in [0.29, 0.717) is 28.4 Å². The molecule has 6 aromatic heterocycles. The molecule has 0 saturated carbocycles. The predicted octanol–water partition coefficient (Wildman–Crippen LogP) is 3.52. The Kier molecular flexibility index (Phi) is 5.58. The third-order valence-electron chi connectivity index (χ3n) is 5.75. The molecule has 0 radical (unpaired) electrons. The van der Waals surface area contributed by atoms with Crippen molar-refractivity contribution in [2.24, 2.45) is 0 Å². The minimum absolute atomic E-state index is 0.116. The third kappa shape index (κ3) is 4.39. The number of nitrogens with zero attached hydrogens (tertiary/aromatic N) is 7. The van der Waals surface area contributed by atoms with Gasteiger partial charge in [-0.2, -0.15) is 5.10 Å². The molecule has 6 heterocycles. The highest BCUT2D eigenvalue weighted by Crippen LogP contribution is 2.30. The van der Waals surface area contributed by atoms with E-state index in [0.717, 1.165) is 33.4 Å². The number of aromatic amines is 2. The summed E-state index contributed by atoms with van der Waals surface area (Å²) < 4.78 is 0. The van der Waals surface area contributed by atoms with E-state index in [2.05, 4.69) is 35.5 Å². The molecule has 6 rings (SSSR count). The Hall–Kier alpha value is -5.03. The van der Waals surface area contributed by atoms with Crippen LogP contribution in [-0.4, -0.2) is 71.5 Å². The zero-order valence-electron chi connectivity index (χ0n) is 20.1. The number of pyridine rings is 4. The first-order valence-electron chi connectivity index (χ1n) is 11.6. The first kappa shape index (κ1) is 22.4. The van der Waals surface area contributed by atoms with Gasteiger partial charge in [0.2, 0.25) is 5.91 Å². The van der Waals surface area contributed by atoms with Crippen molar-refractivity contribution in [3.05, 3.63) is 67.4 Å². The van der Waals surface area contributed by atoms with Crippen molar-refractivity contribution in [3.8, 4) is 34.0 Å². The van der Waals surface area contributed by atoms with Gasteiger partial charge in [-0.1, -0.05) is 0 Å². The average molecular weight is 491 g/mol. The third-order valence-corrected chi connectivity index (χ3v) is 5.75. The zero-order valence-corrected chi connectivity index (χ0v) is 20.1. The van der Waals surface area contributed by atoms with Gasteiger partial charge in [-0.05, 0) is 50.5 Å². The second kappa shape index (κ2) is 9.21. The Morgan fingerprint density at radius 1 is 0.919 bits per heavy atom. The number of imidazole rings is 1. The van der Waals surface area contributed by atoms with Gasteiger partial charge >= 0.3 is 0 Å². The molecule has 0 aliphatic carbocycles. The van der Waals surface area contributed by atoms with Gasteiger partial charge in [0.25, 0.3) is 0 Å². The smallest absolute Gasteiger partial charge is 0.238 e. The second-order valence-corrected chi connectivity index (χ2v) is 8.80. The number of hydrogen-bond acceptors (Lipinski definition) is 8. The van der Waals surface area contributed by atoms with Gasteiger partial charge in [0.15, 0.2) is 11.5 Å². The molecular formula is C26H22N10O. The van der Waals surface area contributed by atoms with Crippen LogP contribution in [0.2, 0.25) is 0 Å². The fourth-order valence-corrected chi connectivity index (χ4v) is 4.12. The molecule has 0 spiro atoms. The monoisotopic (exact) mass is 490 g/mol. The minimum Gasteiger partial charge on any atom is -0.336 e. The SMILES string of the molecule is CN(C)CC(=O)Nc1cncc(-c2ccc3[nH]nc(-c4nc5c(-c6cccnc6)nccc5[nH]4)c3n2)c1. The quantitative estimate of drug-likeness (QED) is 0.322. The first-order valence-corrected chi connectivity index (χ1v) is 11.6. The number of carbonyl (C=O) groups excluding carboxylic acids is 1. The van der Waals surface area contributed by atoms with Crippen LogP contribution in [0.3, 0.4) is 0 Å². The van der Waals surface area contributed by atoms with Crippen LogP contribution in [-0.2, 0) is 4.79 Å². The molecule has 0 atom stereocenters. The molecule has 6 aromatic rings. The molecule has 0 fully saturated rings. The highest BCUT2D eigenvalue weighted by Gasteiger charge is 2.17. The molecule has 0 unspecified atom stereocenters. The van der Waals surface area contributed by atoms with Gasteiger partial charge in [0, 0.05) is 35.9 Å². The maximum Gasteiger partial charge on any atom is 0.238 e. The Bertz CT molecular complexity index is 1740. The van der Waals surface area contributed by atoms with Crippen LogP contribution in [0.15, 0.2) is 67.4 Å². The summed E-state index contributed by atoms with van der Waals surface area (Å²) >= 11 is 0. The van der Waals surface area contributed by atoms with E-state index in [1.807, 2.05) is 50.5 Å². The molecule has 11 nitrogen and oxygen atoms in total. The molecule has 11 heteroatoms. The number of anilines is 1. The summed E-state index contributed by atoms with van der Waals surface area (Å²) in [5.74, 6) is 0.460. The second-order valence-electron chi connectivity index (χ2n) is 8.80. The van der Waals surface area contributed by atoms with Gasteiger partial charge in [-0.3, -0.25) is 24.8 Å². The van der Waals surface area contributed by atoms with Gasteiger partial charge in [0.1, 0.15) is 11.0 Å². The van der Waals surface area contributed by atoms with E-state index in [-0.39, 0.29) is 12.5 Å². The summed E-state index contributed by atoms with van der Waals surface area (Å²) in [6.07, 6.45) is 8.55. The fourth-order valence-electron chi connectivity index (χ4n) is 4.12. The summed E-state index contributed by atoms with van der Waals surface area (Å²) in [5.41, 5.74) is 7.27. The van der Waals surface area contributed by atoms with E-state index in [1.165, 1.54) is 0 Å². The molecule has 3 N–H and O–H groups in total. The van der Waals surface area contributed by atoms with E-state index in [9.17, 15) is 4.79 Å². The molecule has 0 saturated heterocycles. The molecule has 182 valence electrons. The molecular weight excluding hydrogens is 468 g/mol. The normalized spacial score (nSPS) is 11.4. The number of likely N-dealkylation sites (N-methyl/N-ethyl adjacent to an activating group) is 1. The largest absolute Gasteiger partial charge is 0.336 e. The summed E-state index contributed by atoms with van der Waals surface area (Å²) in [7, 11) is 3.68. The van der Waals surface area contributed by atoms with E-state index in [4.69, 9.17) is 9.97 Å². The van der Waals surface area contributed by atoms with Gasteiger partial charge in [-0.25, -0.2) is 9.97 Å². The number of fused-ring (bicyclic) bond motifs is 2. The summed E-state index contributed by atoms with van der Waals surface area (Å²) in [5, 5.41) is 10.4. The van der Waals surface area contributed by atoms with Crippen molar-refractivity contribution in [2.75, 3.05) is 26.0 Å². The lowest BCUT2D eigenvalue weighted by Crippen LogP contribution is -2.27. The van der Waals surface area contributed by atoms with Crippen LogP contribution in [0.5, 0.6) is 0 Å². The lowest BCUT2D eigenvalue weighted by Gasteiger charge is -2.10. The average Bonchev–Trinajstić information content (AvgIpc) is 3.52. The first-order chi connectivity index (χ1) is 18.0. The molecule has 37 heavy (non-hydrogen) atoms. The van der Waals surface area contributed by atoms with Crippen LogP contribution in [0, 0.1) is 0 Å². The van der Waals surface area contributed by atoms with Crippen LogP contribution < -0.4 is 5.32 Å². The van der Waals surface area contributed by atoms with Crippen molar-refractivity contribution in [2.45, 2.75) is 0 Å². The van der Waals surface area contributed by atoms with Gasteiger partial charge < -0.3 is 15.2 Å². The lowest BCUT2D eigenvalue weighted by atomic mass is 10.1. The maximum atomic E-state index is 12.2. The van der Waals surface area contributed by atoms with Crippen molar-refractivity contribution >= 4 is 33.7 Å². The minimum atomic E-state index is -0.116. The Labute approximate surface area is 211 Å². The van der Waals surface area contributed by atoms with Crippen LogP contribution >= 0.6 is 0 Å². The van der Waals surface area contributed by atoms with E-state index >= 15 is 0 Å². The Morgan fingerprint density at radius 2 is 1.78 bits per heavy atom. The Balaban J connectivity index is 1.38. The van der Waals surface area contributed by atoms with Crippen molar-refractivity contribution in [3.63, 3.8) is 0 Å². The van der Waals surface area contributed by atoms with Crippen LogP contribution in [0.1, 0.15) is 0 Å². The molecule has 1 amide bonds. The van der Waals surface area contributed by atoms with Gasteiger partial charge in [-0.15, -0.1) is 0 Å². The van der Waals surface area contributed by atoms with Crippen molar-refractivity contribution < 1.29 is 4.79 Å².